The van der Waals surface area contributed by atoms with Crippen molar-refractivity contribution in [2.24, 2.45) is 0 Å². The molecule has 1 fully saturated rings. The van der Waals surface area contributed by atoms with Crippen molar-refractivity contribution < 1.29 is 4.48 Å². The smallest absolute Gasteiger partial charge is 0.104 e. The number of piperidine rings is 1. The molecule has 0 aromatic heterocycles. The first-order valence-electron chi connectivity index (χ1n) is 9.24. The molecule has 2 rings (SSSR count). The SMILES string of the molecule is CCCCCCCC[N+]1(Cc2ccccc2)CCCCC1. The van der Waals surface area contributed by atoms with E-state index in [9.17, 15) is 0 Å². The molecule has 1 heteroatoms. The van der Waals surface area contributed by atoms with Crippen LogP contribution in [0.2, 0.25) is 0 Å². The van der Waals surface area contributed by atoms with Crippen molar-refractivity contribution in [2.45, 2.75) is 71.3 Å². The third kappa shape index (κ3) is 5.82. The first-order chi connectivity index (χ1) is 10.3. The fourth-order valence-corrected chi connectivity index (χ4v) is 3.84. The van der Waals surface area contributed by atoms with E-state index in [0.717, 1.165) is 0 Å². The molecular formula is C20H34N+. The normalized spacial score (nSPS) is 17.8. The zero-order chi connectivity index (χ0) is 14.8. The summed E-state index contributed by atoms with van der Waals surface area (Å²) in [6, 6.07) is 11.2. The highest BCUT2D eigenvalue weighted by Crippen LogP contribution is 2.24. The molecule has 0 atom stereocenters. The summed E-state index contributed by atoms with van der Waals surface area (Å²) >= 11 is 0. The monoisotopic (exact) mass is 288 g/mol. The number of rotatable bonds is 9. The molecule has 0 saturated carbocycles. The quantitative estimate of drug-likeness (QED) is 0.413. The third-order valence-corrected chi connectivity index (χ3v) is 5.11. The van der Waals surface area contributed by atoms with Gasteiger partial charge in [0.25, 0.3) is 0 Å². The van der Waals surface area contributed by atoms with Gasteiger partial charge in [-0.15, -0.1) is 0 Å². The summed E-state index contributed by atoms with van der Waals surface area (Å²) in [4.78, 5) is 0. The van der Waals surface area contributed by atoms with E-state index < -0.39 is 0 Å². The summed E-state index contributed by atoms with van der Waals surface area (Å²) in [7, 11) is 0. The number of benzene rings is 1. The fraction of sp³-hybridized carbons (Fsp3) is 0.700. The molecule has 0 aliphatic carbocycles. The summed E-state index contributed by atoms with van der Waals surface area (Å²) < 4.78 is 1.36. The van der Waals surface area contributed by atoms with Gasteiger partial charge in [0.05, 0.1) is 19.6 Å². The Bertz CT molecular complexity index is 365. The Balaban J connectivity index is 1.82. The van der Waals surface area contributed by atoms with Crippen LogP contribution in [-0.4, -0.2) is 24.1 Å². The molecule has 1 saturated heterocycles. The van der Waals surface area contributed by atoms with Gasteiger partial charge in [-0.3, -0.25) is 0 Å². The van der Waals surface area contributed by atoms with Crippen molar-refractivity contribution in [1.82, 2.24) is 0 Å². The van der Waals surface area contributed by atoms with Crippen LogP contribution < -0.4 is 0 Å². The molecule has 1 aromatic carbocycles. The van der Waals surface area contributed by atoms with Gasteiger partial charge in [0.15, 0.2) is 0 Å². The van der Waals surface area contributed by atoms with E-state index in [4.69, 9.17) is 0 Å². The van der Waals surface area contributed by atoms with E-state index in [0.29, 0.717) is 0 Å². The highest BCUT2D eigenvalue weighted by molar-refractivity contribution is 5.13. The highest BCUT2D eigenvalue weighted by Gasteiger charge is 2.29. The summed E-state index contributed by atoms with van der Waals surface area (Å²) in [6.45, 7) is 7.78. The van der Waals surface area contributed by atoms with Crippen LogP contribution >= 0.6 is 0 Å². The predicted molar refractivity (Wildman–Crippen MR) is 92.2 cm³/mol. The maximum absolute atomic E-state index is 2.32. The van der Waals surface area contributed by atoms with Gasteiger partial charge in [-0.2, -0.15) is 0 Å². The van der Waals surface area contributed by atoms with E-state index >= 15 is 0 Å². The van der Waals surface area contributed by atoms with Gasteiger partial charge >= 0.3 is 0 Å². The highest BCUT2D eigenvalue weighted by atomic mass is 15.4. The summed E-state index contributed by atoms with van der Waals surface area (Å²) in [5.74, 6) is 0. The fourth-order valence-electron chi connectivity index (χ4n) is 3.84. The second-order valence-corrected chi connectivity index (χ2v) is 6.98. The van der Waals surface area contributed by atoms with E-state index in [1.807, 2.05) is 0 Å². The van der Waals surface area contributed by atoms with Crippen LogP contribution in [0.25, 0.3) is 0 Å². The summed E-state index contributed by atoms with van der Waals surface area (Å²) in [6.07, 6.45) is 12.8. The number of quaternary nitrogens is 1. The van der Waals surface area contributed by atoms with Gasteiger partial charge in [0.2, 0.25) is 0 Å². The molecule has 1 aromatic rings. The van der Waals surface area contributed by atoms with Crippen molar-refractivity contribution >= 4 is 0 Å². The van der Waals surface area contributed by atoms with E-state index in [-0.39, 0.29) is 0 Å². The maximum Gasteiger partial charge on any atom is 0.104 e. The minimum Gasteiger partial charge on any atom is -0.320 e. The van der Waals surface area contributed by atoms with E-state index in [1.165, 1.54) is 94.0 Å². The third-order valence-electron chi connectivity index (χ3n) is 5.11. The molecule has 1 nitrogen and oxygen atoms in total. The van der Waals surface area contributed by atoms with Crippen molar-refractivity contribution in [2.75, 3.05) is 19.6 Å². The lowest BCUT2D eigenvalue weighted by Gasteiger charge is -2.42. The van der Waals surface area contributed by atoms with Crippen LogP contribution in [0.5, 0.6) is 0 Å². The van der Waals surface area contributed by atoms with Crippen molar-refractivity contribution in [3.05, 3.63) is 35.9 Å². The van der Waals surface area contributed by atoms with Crippen LogP contribution in [-0.2, 0) is 6.54 Å². The van der Waals surface area contributed by atoms with Gasteiger partial charge in [0, 0.05) is 5.56 Å². The molecule has 0 radical (unpaired) electrons. The van der Waals surface area contributed by atoms with E-state index in [1.54, 1.807) is 0 Å². The molecule has 1 aliphatic heterocycles. The largest absolute Gasteiger partial charge is 0.320 e. The lowest BCUT2D eigenvalue weighted by Crippen LogP contribution is -2.51. The van der Waals surface area contributed by atoms with Crippen LogP contribution in [0.3, 0.4) is 0 Å². The van der Waals surface area contributed by atoms with Gasteiger partial charge in [-0.25, -0.2) is 0 Å². The zero-order valence-electron chi connectivity index (χ0n) is 14.0. The van der Waals surface area contributed by atoms with Crippen molar-refractivity contribution in [1.29, 1.82) is 0 Å². The second-order valence-electron chi connectivity index (χ2n) is 6.98. The Morgan fingerprint density at radius 1 is 0.810 bits per heavy atom. The molecule has 0 amide bonds. The van der Waals surface area contributed by atoms with Gasteiger partial charge in [-0.1, -0.05) is 62.9 Å². The number of unbranched alkanes of at least 4 members (excludes halogenated alkanes) is 5. The van der Waals surface area contributed by atoms with Gasteiger partial charge in [-0.05, 0) is 32.1 Å². The van der Waals surface area contributed by atoms with Crippen LogP contribution in [0.4, 0.5) is 0 Å². The topological polar surface area (TPSA) is 0 Å². The number of hydrogen-bond acceptors (Lipinski definition) is 0. The summed E-state index contributed by atoms with van der Waals surface area (Å²) in [5.41, 5.74) is 1.53. The Kier molecular flexibility index (Phi) is 7.29. The molecule has 0 N–H and O–H groups in total. The van der Waals surface area contributed by atoms with Crippen molar-refractivity contribution in [3.8, 4) is 0 Å². The first kappa shape index (κ1) is 16.5. The number of likely N-dealkylation sites (tertiary alicyclic amines) is 1. The standard InChI is InChI=1S/C20H34N/c1-2-3-4-5-6-11-16-21(17-12-8-13-18-21)19-20-14-9-7-10-15-20/h7,9-10,14-15H,2-6,8,11-13,16-19H2,1H3/q+1. The maximum atomic E-state index is 2.32. The average Bonchev–Trinajstić information content (AvgIpc) is 2.53. The lowest BCUT2D eigenvalue weighted by atomic mass is 10.0. The molecule has 118 valence electrons. The number of nitrogens with zero attached hydrogens (tertiary/aromatic N) is 1. The molecule has 1 aliphatic rings. The second kappa shape index (κ2) is 9.25. The molecule has 0 unspecified atom stereocenters. The molecule has 1 heterocycles. The molecule has 0 spiro atoms. The lowest BCUT2D eigenvalue weighted by molar-refractivity contribution is -0.945. The van der Waals surface area contributed by atoms with Crippen LogP contribution in [0.15, 0.2) is 30.3 Å². The van der Waals surface area contributed by atoms with E-state index in [2.05, 4.69) is 37.3 Å². The van der Waals surface area contributed by atoms with Crippen molar-refractivity contribution in [3.63, 3.8) is 0 Å². The summed E-state index contributed by atoms with van der Waals surface area (Å²) in [5, 5.41) is 0. The van der Waals surface area contributed by atoms with Gasteiger partial charge < -0.3 is 4.48 Å². The predicted octanol–water partition coefficient (Wildman–Crippen LogP) is 5.55. The first-order valence-corrected chi connectivity index (χ1v) is 9.24. The molecular weight excluding hydrogens is 254 g/mol. The Morgan fingerprint density at radius 2 is 1.48 bits per heavy atom. The Hall–Kier alpha value is -0.820. The molecule has 21 heavy (non-hydrogen) atoms. The number of hydrogen-bond donors (Lipinski definition) is 0. The van der Waals surface area contributed by atoms with Crippen LogP contribution in [0.1, 0.15) is 70.3 Å². The molecule has 0 bridgehead atoms. The zero-order valence-corrected chi connectivity index (χ0v) is 14.0. The Morgan fingerprint density at radius 3 is 2.19 bits per heavy atom. The minimum absolute atomic E-state index is 1.26. The van der Waals surface area contributed by atoms with Crippen LogP contribution in [0, 0.1) is 0 Å². The Labute approximate surface area is 132 Å². The average molecular weight is 288 g/mol. The van der Waals surface area contributed by atoms with Gasteiger partial charge in [0.1, 0.15) is 6.54 Å². The minimum atomic E-state index is 1.26.